The molecule has 0 unspecified atom stereocenters. The first-order valence-electron chi connectivity index (χ1n) is 8.68. The summed E-state index contributed by atoms with van der Waals surface area (Å²) in [6, 6.07) is 11.0. The van der Waals surface area contributed by atoms with Crippen LogP contribution in [-0.4, -0.2) is 0 Å². The van der Waals surface area contributed by atoms with E-state index in [1.54, 1.807) is 11.1 Å². The molecule has 0 heteroatoms. The van der Waals surface area contributed by atoms with Crippen molar-refractivity contribution < 1.29 is 0 Å². The van der Waals surface area contributed by atoms with E-state index >= 15 is 0 Å². The Hall–Kier alpha value is -1.04. The third kappa shape index (κ3) is 4.81. The molecule has 0 heterocycles. The van der Waals surface area contributed by atoms with E-state index in [9.17, 15) is 0 Å². The van der Waals surface area contributed by atoms with Gasteiger partial charge in [-0.2, -0.15) is 0 Å². The zero-order valence-corrected chi connectivity index (χ0v) is 13.2. The van der Waals surface area contributed by atoms with Crippen LogP contribution in [0.3, 0.4) is 0 Å². The minimum absolute atomic E-state index is 1.30. The predicted molar refractivity (Wildman–Crippen MR) is 89.8 cm³/mol. The molecule has 0 nitrogen and oxygen atoms in total. The summed E-state index contributed by atoms with van der Waals surface area (Å²) < 4.78 is 0. The normalized spacial score (nSPS) is 14.4. The lowest BCUT2D eigenvalue weighted by atomic mass is 9.81. The molecule has 0 radical (unpaired) electrons. The van der Waals surface area contributed by atoms with Gasteiger partial charge in [-0.25, -0.2) is 0 Å². The third-order valence-corrected chi connectivity index (χ3v) is 4.56. The van der Waals surface area contributed by atoms with E-state index in [2.05, 4.69) is 37.3 Å². The molecule has 0 N–H and O–H groups in total. The van der Waals surface area contributed by atoms with Gasteiger partial charge < -0.3 is 0 Å². The fourth-order valence-corrected chi connectivity index (χ4v) is 3.16. The topological polar surface area (TPSA) is 0 Å². The molecular weight excluding hydrogens is 240 g/mol. The van der Waals surface area contributed by atoms with Gasteiger partial charge in [0.1, 0.15) is 0 Å². The minimum atomic E-state index is 1.30. The number of benzene rings is 1. The van der Waals surface area contributed by atoms with Crippen LogP contribution in [0.5, 0.6) is 0 Å². The van der Waals surface area contributed by atoms with Gasteiger partial charge in [0.2, 0.25) is 0 Å². The van der Waals surface area contributed by atoms with Crippen molar-refractivity contribution in [2.24, 2.45) is 0 Å². The molecule has 1 aliphatic carbocycles. The fraction of sp³-hybridized carbons (Fsp3) is 0.600. The molecule has 20 heavy (non-hydrogen) atoms. The molecule has 1 aromatic rings. The second-order valence-corrected chi connectivity index (χ2v) is 6.17. The molecule has 0 fully saturated rings. The number of hydrogen-bond acceptors (Lipinski definition) is 0. The Labute approximate surface area is 125 Å². The van der Waals surface area contributed by atoms with E-state index in [-0.39, 0.29) is 0 Å². The second-order valence-electron chi connectivity index (χ2n) is 6.17. The molecule has 0 aromatic heterocycles. The van der Waals surface area contributed by atoms with Gasteiger partial charge in [-0.15, -0.1) is 0 Å². The van der Waals surface area contributed by atoms with Crippen molar-refractivity contribution in [3.8, 4) is 0 Å². The van der Waals surface area contributed by atoms with Gasteiger partial charge in [-0.1, -0.05) is 87.8 Å². The summed E-state index contributed by atoms with van der Waals surface area (Å²) >= 11 is 0. The molecule has 2 rings (SSSR count). The van der Waals surface area contributed by atoms with Crippen molar-refractivity contribution in [2.45, 2.75) is 77.6 Å². The maximum absolute atomic E-state index is 2.29. The molecular formula is C20H30. The first kappa shape index (κ1) is 15.4. The first-order chi connectivity index (χ1) is 9.92. The van der Waals surface area contributed by atoms with Crippen molar-refractivity contribution in [2.75, 3.05) is 0 Å². The van der Waals surface area contributed by atoms with Gasteiger partial charge in [0.15, 0.2) is 0 Å². The van der Waals surface area contributed by atoms with Crippen LogP contribution in [0.15, 0.2) is 35.9 Å². The van der Waals surface area contributed by atoms with Crippen LogP contribution >= 0.6 is 0 Å². The highest BCUT2D eigenvalue weighted by molar-refractivity contribution is 5.73. The van der Waals surface area contributed by atoms with Gasteiger partial charge in [-0.3, -0.25) is 0 Å². The van der Waals surface area contributed by atoms with Gasteiger partial charge in [0.25, 0.3) is 0 Å². The molecule has 0 aliphatic heterocycles. The molecule has 0 amide bonds. The summed E-state index contributed by atoms with van der Waals surface area (Å²) in [5.41, 5.74) is 4.85. The maximum Gasteiger partial charge on any atom is -0.0225 e. The van der Waals surface area contributed by atoms with Crippen molar-refractivity contribution >= 4 is 5.57 Å². The van der Waals surface area contributed by atoms with Crippen molar-refractivity contribution in [3.05, 3.63) is 41.5 Å². The van der Waals surface area contributed by atoms with E-state index in [0.717, 1.165) is 0 Å². The zero-order chi connectivity index (χ0) is 14.0. The average Bonchev–Trinajstić information content (AvgIpc) is 2.45. The second kappa shape index (κ2) is 9.00. The highest BCUT2D eigenvalue weighted by atomic mass is 14.2. The Morgan fingerprint density at radius 1 is 0.750 bits per heavy atom. The van der Waals surface area contributed by atoms with E-state index in [1.165, 1.54) is 76.2 Å². The zero-order valence-electron chi connectivity index (χ0n) is 13.2. The first-order valence-corrected chi connectivity index (χ1v) is 8.68. The summed E-state index contributed by atoms with van der Waals surface area (Å²) in [5.74, 6) is 0. The van der Waals surface area contributed by atoms with Crippen LogP contribution in [0.2, 0.25) is 0 Å². The number of rotatable bonds is 10. The molecule has 0 atom stereocenters. The summed E-state index contributed by atoms with van der Waals surface area (Å²) in [7, 11) is 0. The Morgan fingerprint density at radius 2 is 1.40 bits per heavy atom. The molecule has 0 bridgehead atoms. The lowest BCUT2D eigenvalue weighted by Crippen LogP contribution is -2.03. The van der Waals surface area contributed by atoms with Gasteiger partial charge >= 0.3 is 0 Å². The van der Waals surface area contributed by atoms with Gasteiger partial charge in [0.05, 0.1) is 0 Å². The maximum atomic E-state index is 2.29. The monoisotopic (exact) mass is 270 g/mol. The predicted octanol–water partition coefficient (Wildman–Crippen LogP) is 6.76. The largest absolute Gasteiger partial charge is 0.0661 e. The lowest BCUT2D eigenvalue weighted by Gasteiger charge is -2.24. The van der Waals surface area contributed by atoms with Crippen molar-refractivity contribution in [3.63, 3.8) is 0 Å². The van der Waals surface area contributed by atoms with Crippen LogP contribution in [0, 0.1) is 0 Å². The van der Waals surface area contributed by atoms with E-state index in [4.69, 9.17) is 0 Å². The smallest absolute Gasteiger partial charge is 0.0225 e. The van der Waals surface area contributed by atoms with Crippen LogP contribution in [0.1, 0.15) is 83.1 Å². The van der Waals surface area contributed by atoms with Crippen LogP contribution in [0.4, 0.5) is 0 Å². The Balaban J connectivity index is 1.60. The van der Waals surface area contributed by atoms with Crippen LogP contribution in [-0.2, 0) is 0 Å². The molecule has 110 valence electrons. The fourth-order valence-electron chi connectivity index (χ4n) is 3.16. The summed E-state index contributed by atoms with van der Waals surface area (Å²) in [6.07, 6.45) is 15.4. The Bertz CT molecular complexity index is 399. The van der Waals surface area contributed by atoms with Crippen LogP contribution < -0.4 is 0 Å². The van der Waals surface area contributed by atoms with E-state index in [1.807, 2.05) is 0 Å². The van der Waals surface area contributed by atoms with Crippen LogP contribution in [0.25, 0.3) is 5.57 Å². The number of hydrogen-bond donors (Lipinski definition) is 0. The van der Waals surface area contributed by atoms with Gasteiger partial charge in [-0.05, 0) is 36.8 Å². The quantitative estimate of drug-likeness (QED) is 0.412. The Kier molecular flexibility index (Phi) is 6.91. The van der Waals surface area contributed by atoms with Gasteiger partial charge in [0, 0.05) is 0 Å². The van der Waals surface area contributed by atoms with Crippen molar-refractivity contribution in [1.29, 1.82) is 0 Å². The number of unbranched alkanes of at least 4 members (excludes halogenated alkanes) is 7. The van der Waals surface area contributed by atoms with E-state index < -0.39 is 0 Å². The summed E-state index contributed by atoms with van der Waals surface area (Å²) in [6.45, 7) is 2.29. The average molecular weight is 270 g/mol. The molecule has 1 aromatic carbocycles. The SMILES string of the molecule is CCCCCCCCCCC1=C(c2ccccc2)CC1. The Morgan fingerprint density at radius 3 is 2.00 bits per heavy atom. The summed E-state index contributed by atoms with van der Waals surface area (Å²) in [5, 5.41) is 0. The standard InChI is InChI=1S/C20H30/c1-2-3-4-5-6-7-8-10-15-19-16-17-20(19)18-13-11-9-12-14-18/h9,11-14H,2-8,10,15-17H2,1H3. The number of allylic oxidation sites excluding steroid dienone is 2. The molecule has 0 spiro atoms. The summed E-state index contributed by atoms with van der Waals surface area (Å²) in [4.78, 5) is 0. The molecule has 0 saturated carbocycles. The highest BCUT2D eigenvalue weighted by Crippen LogP contribution is 2.38. The van der Waals surface area contributed by atoms with E-state index in [0.29, 0.717) is 0 Å². The highest BCUT2D eigenvalue weighted by Gasteiger charge is 2.17. The third-order valence-electron chi connectivity index (χ3n) is 4.56. The molecule has 0 saturated heterocycles. The lowest BCUT2D eigenvalue weighted by molar-refractivity contribution is 0.570. The minimum Gasteiger partial charge on any atom is -0.0661 e. The molecule has 1 aliphatic rings. The van der Waals surface area contributed by atoms with Crippen molar-refractivity contribution in [1.82, 2.24) is 0 Å².